The standard InChI is InChI=1S/C9H13N3.2ClH/c1-2-7(1)9-5-8-6-10-3-4-12(8)11-9;;/h5,7,10H,1-4,6H2;2*1H. The van der Waals surface area contributed by atoms with Crippen LogP contribution in [0.5, 0.6) is 0 Å². The minimum absolute atomic E-state index is 0. The van der Waals surface area contributed by atoms with Crippen LogP contribution in [0.3, 0.4) is 0 Å². The van der Waals surface area contributed by atoms with Crippen molar-refractivity contribution in [3.8, 4) is 0 Å². The smallest absolute Gasteiger partial charge is 0.0658 e. The van der Waals surface area contributed by atoms with Gasteiger partial charge in [-0.15, -0.1) is 24.8 Å². The zero-order valence-electron chi connectivity index (χ0n) is 7.90. The lowest BCUT2D eigenvalue weighted by Crippen LogP contribution is -2.28. The molecule has 2 aliphatic rings. The van der Waals surface area contributed by atoms with E-state index in [1.54, 1.807) is 0 Å². The van der Waals surface area contributed by atoms with Crippen LogP contribution in [0.4, 0.5) is 0 Å². The van der Waals surface area contributed by atoms with Gasteiger partial charge in [-0.3, -0.25) is 4.68 Å². The lowest BCUT2D eigenvalue weighted by Gasteiger charge is -2.13. The third-order valence-corrected chi connectivity index (χ3v) is 2.68. The van der Waals surface area contributed by atoms with Crippen LogP contribution in [0.15, 0.2) is 6.07 Å². The van der Waals surface area contributed by atoms with Crippen LogP contribution in [0, 0.1) is 0 Å². The molecule has 5 heteroatoms. The summed E-state index contributed by atoms with van der Waals surface area (Å²) >= 11 is 0. The highest BCUT2D eigenvalue weighted by Crippen LogP contribution is 2.39. The average molecular weight is 236 g/mol. The minimum Gasteiger partial charge on any atom is -0.309 e. The Bertz CT molecular complexity index is 284. The topological polar surface area (TPSA) is 29.9 Å². The van der Waals surface area contributed by atoms with Crippen LogP contribution in [-0.4, -0.2) is 16.3 Å². The molecule has 80 valence electrons. The number of hydrogen-bond donors (Lipinski definition) is 1. The summed E-state index contributed by atoms with van der Waals surface area (Å²) in [5.74, 6) is 0.795. The maximum Gasteiger partial charge on any atom is 0.0658 e. The Morgan fingerprint density at radius 1 is 1.36 bits per heavy atom. The highest BCUT2D eigenvalue weighted by Gasteiger charge is 2.27. The summed E-state index contributed by atoms with van der Waals surface area (Å²) < 4.78 is 2.16. The zero-order valence-corrected chi connectivity index (χ0v) is 9.53. The van der Waals surface area contributed by atoms with E-state index in [1.165, 1.54) is 24.2 Å². The second-order valence-corrected chi connectivity index (χ2v) is 3.73. The third kappa shape index (κ3) is 2.05. The number of nitrogens with one attached hydrogen (secondary N) is 1. The van der Waals surface area contributed by atoms with Gasteiger partial charge in [0.1, 0.15) is 0 Å². The van der Waals surface area contributed by atoms with Crippen LogP contribution >= 0.6 is 24.8 Å². The van der Waals surface area contributed by atoms with Crippen molar-refractivity contribution in [1.29, 1.82) is 0 Å². The largest absolute Gasteiger partial charge is 0.309 e. The van der Waals surface area contributed by atoms with E-state index in [0.29, 0.717) is 0 Å². The molecule has 2 heterocycles. The number of hydrogen-bond acceptors (Lipinski definition) is 2. The van der Waals surface area contributed by atoms with E-state index in [4.69, 9.17) is 0 Å². The van der Waals surface area contributed by atoms with Crippen molar-refractivity contribution >= 4 is 24.8 Å². The highest BCUT2D eigenvalue weighted by atomic mass is 35.5. The molecule has 14 heavy (non-hydrogen) atoms. The molecular formula is C9H15Cl2N3. The fourth-order valence-electron chi connectivity index (χ4n) is 1.79. The molecule has 0 unspecified atom stereocenters. The molecule has 1 N–H and O–H groups in total. The van der Waals surface area contributed by atoms with E-state index >= 15 is 0 Å². The summed E-state index contributed by atoms with van der Waals surface area (Å²) in [7, 11) is 0. The van der Waals surface area contributed by atoms with Crippen LogP contribution in [0.1, 0.15) is 30.1 Å². The normalized spacial score (nSPS) is 19.1. The first-order valence-corrected chi connectivity index (χ1v) is 4.71. The quantitative estimate of drug-likeness (QED) is 0.804. The summed E-state index contributed by atoms with van der Waals surface area (Å²) in [5.41, 5.74) is 2.69. The van der Waals surface area contributed by atoms with Gasteiger partial charge in [-0.05, 0) is 18.9 Å². The zero-order chi connectivity index (χ0) is 7.97. The number of halogens is 2. The van der Waals surface area contributed by atoms with Gasteiger partial charge in [0.25, 0.3) is 0 Å². The number of rotatable bonds is 1. The van der Waals surface area contributed by atoms with Gasteiger partial charge in [-0.25, -0.2) is 0 Å². The van der Waals surface area contributed by atoms with E-state index < -0.39 is 0 Å². The molecule has 1 aromatic heterocycles. The van der Waals surface area contributed by atoms with E-state index in [1.807, 2.05) is 0 Å². The number of nitrogens with zero attached hydrogens (tertiary/aromatic N) is 2. The SMILES string of the molecule is Cl.Cl.c1c(C2CC2)nn2c1CNCC2. The van der Waals surface area contributed by atoms with Crippen molar-refractivity contribution in [1.82, 2.24) is 15.1 Å². The predicted octanol–water partition coefficient (Wildman–Crippen LogP) is 1.71. The number of aromatic nitrogens is 2. The molecule has 0 bridgehead atoms. The minimum atomic E-state index is 0. The van der Waals surface area contributed by atoms with Crippen LogP contribution < -0.4 is 5.32 Å². The summed E-state index contributed by atoms with van der Waals surface area (Å²) in [4.78, 5) is 0. The van der Waals surface area contributed by atoms with Crippen molar-refractivity contribution in [3.63, 3.8) is 0 Å². The first-order valence-electron chi connectivity index (χ1n) is 4.71. The van der Waals surface area contributed by atoms with Gasteiger partial charge in [0.05, 0.1) is 17.9 Å². The van der Waals surface area contributed by atoms with Crippen molar-refractivity contribution in [2.45, 2.75) is 31.8 Å². The summed E-state index contributed by atoms with van der Waals surface area (Å²) in [6.07, 6.45) is 2.70. The summed E-state index contributed by atoms with van der Waals surface area (Å²) in [5, 5.41) is 7.94. The van der Waals surface area contributed by atoms with E-state index in [0.717, 1.165) is 25.6 Å². The summed E-state index contributed by atoms with van der Waals surface area (Å²) in [6, 6.07) is 2.27. The van der Waals surface area contributed by atoms with Gasteiger partial charge in [-0.2, -0.15) is 5.10 Å². The third-order valence-electron chi connectivity index (χ3n) is 2.68. The molecule has 1 fully saturated rings. The molecule has 1 aliphatic carbocycles. The van der Waals surface area contributed by atoms with Gasteiger partial charge >= 0.3 is 0 Å². The Kier molecular flexibility index (Phi) is 3.81. The fraction of sp³-hybridized carbons (Fsp3) is 0.667. The van der Waals surface area contributed by atoms with Gasteiger partial charge < -0.3 is 5.32 Å². The molecular weight excluding hydrogens is 221 g/mol. The first kappa shape index (κ1) is 11.8. The second-order valence-electron chi connectivity index (χ2n) is 3.73. The Balaban J connectivity index is 0.000000490. The number of fused-ring (bicyclic) bond motifs is 1. The van der Waals surface area contributed by atoms with E-state index in [-0.39, 0.29) is 24.8 Å². The Morgan fingerprint density at radius 3 is 2.79 bits per heavy atom. The molecule has 0 aromatic carbocycles. The van der Waals surface area contributed by atoms with Crippen molar-refractivity contribution in [2.24, 2.45) is 0 Å². The lowest BCUT2D eigenvalue weighted by molar-refractivity contribution is 0.473. The Labute approximate surface area is 96.1 Å². The lowest BCUT2D eigenvalue weighted by atomic mass is 10.2. The first-order chi connectivity index (χ1) is 5.93. The van der Waals surface area contributed by atoms with Crippen molar-refractivity contribution < 1.29 is 0 Å². The van der Waals surface area contributed by atoms with E-state index in [2.05, 4.69) is 21.2 Å². The molecule has 0 saturated heterocycles. The van der Waals surface area contributed by atoms with Crippen LogP contribution in [-0.2, 0) is 13.1 Å². The molecule has 0 amide bonds. The van der Waals surface area contributed by atoms with Gasteiger partial charge in [0.2, 0.25) is 0 Å². The molecule has 0 radical (unpaired) electrons. The summed E-state index contributed by atoms with van der Waals surface area (Å²) in [6.45, 7) is 3.11. The molecule has 0 atom stereocenters. The monoisotopic (exact) mass is 235 g/mol. The van der Waals surface area contributed by atoms with Gasteiger partial charge in [0, 0.05) is 19.0 Å². The predicted molar refractivity (Wildman–Crippen MR) is 60.4 cm³/mol. The highest BCUT2D eigenvalue weighted by molar-refractivity contribution is 5.85. The van der Waals surface area contributed by atoms with Gasteiger partial charge in [-0.1, -0.05) is 0 Å². The maximum atomic E-state index is 4.59. The molecule has 3 nitrogen and oxygen atoms in total. The van der Waals surface area contributed by atoms with Crippen molar-refractivity contribution in [3.05, 3.63) is 17.5 Å². The van der Waals surface area contributed by atoms with E-state index in [9.17, 15) is 0 Å². The van der Waals surface area contributed by atoms with Crippen LogP contribution in [0.2, 0.25) is 0 Å². The average Bonchev–Trinajstić information content (AvgIpc) is 2.85. The molecule has 1 saturated carbocycles. The molecule has 3 rings (SSSR count). The fourth-order valence-corrected chi connectivity index (χ4v) is 1.79. The second kappa shape index (κ2) is 4.51. The molecule has 0 spiro atoms. The molecule has 1 aliphatic heterocycles. The Morgan fingerprint density at radius 2 is 2.14 bits per heavy atom. The van der Waals surface area contributed by atoms with Crippen molar-refractivity contribution in [2.75, 3.05) is 6.54 Å². The van der Waals surface area contributed by atoms with Gasteiger partial charge in [0.15, 0.2) is 0 Å². The Hall–Kier alpha value is -0.250. The maximum absolute atomic E-state index is 4.59. The van der Waals surface area contributed by atoms with Crippen LogP contribution in [0.25, 0.3) is 0 Å². The molecule has 1 aromatic rings.